The zero-order valence-corrected chi connectivity index (χ0v) is 11.8. The molecular formula is C19H13N2O. The monoisotopic (exact) mass is 285 g/mol. The van der Waals surface area contributed by atoms with E-state index < -0.39 is 0 Å². The zero-order valence-electron chi connectivity index (χ0n) is 11.8. The number of ether oxygens (including phenoxy) is 1. The molecule has 2 aromatic carbocycles. The molecule has 2 heterocycles. The predicted molar refractivity (Wildman–Crippen MR) is 86.9 cm³/mol. The molecule has 105 valence electrons. The average molecular weight is 285 g/mol. The molecule has 0 aliphatic carbocycles. The van der Waals surface area contributed by atoms with Gasteiger partial charge in [0, 0.05) is 28.9 Å². The first-order valence-corrected chi connectivity index (χ1v) is 7.07. The van der Waals surface area contributed by atoms with Crippen molar-refractivity contribution >= 4 is 11.0 Å². The fourth-order valence-corrected chi connectivity index (χ4v) is 2.52. The molecule has 22 heavy (non-hydrogen) atoms. The van der Waals surface area contributed by atoms with Crippen molar-refractivity contribution in [2.24, 2.45) is 0 Å². The average Bonchev–Trinajstić information content (AvgIpc) is 3.00. The molecule has 0 spiro atoms. The molecule has 0 aliphatic heterocycles. The number of rotatable bonds is 3. The van der Waals surface area contributed by atoms with E-state index in [1.807, 2.05) is 60.8 Å². The Morgan fingerprint density at radius 2 is 1.86 bits per heavy atom. The molecule has 0 saturated carbocycles. The highest BCUT2D eigenvalue weighted by Crippen LogP contribution is 2.36. The van der Waals surface area contributed by atoms with Gasteiger partial charge in [0.25, 0.3) is 0 Å². The van der Waals surface area contributed by atoms with Crippen molar-refractivity contribution in [3.8, 4) is 22.6 Å². The minimum Gasteiger partial charge on any atom is -0.457 e. The third-order valence-electron chi connectivity index (χ3n) is 3.54. The summed E-state index contributed by atoms with van der Waals surface area (Å²) < 4.78 is 6.02. The van der Waals surface area contributed by atoms with Crippen LogP contribution in [-0.4, -0.2) is 9.97 Å². The van der Waals surface area contributed by atoms with Crippen molar-refractivity contribution in [2.75, 3.05) is 0 Å². The number of benzene rings is 2. The highest BCUT2D eigenvalue weighted by molar-refractivity contribution is 5.95. The highest BCUT2D eigenvalue weighted by Gasteiger charge is 2.11. The van der Waals surface area contributed by atoms with Crippen molar-refractivity contribution in [1.29, 1.82) is 0 Å². The van der Waals surface area contributed by atoms with E-state index in [1.54, 1.807) is 6.20 Å². The van der Waals surface area contributed by atoms with Crippen LogP contribution in [0.3, 0.4) is 0 Å². The van der Waals surface area contributed by atoms with Gasteiger partial charge in [0.2, 0.25) is 0 Å². The second-order valence-electron chi connectivity index (χ2n) is 4.94. The van der Waals surface area contributed by atoms with Gasteiger partial charge in [0.1, 0.15) is 17.1 Å². The molecule has 4 rings (SSSR count). The Morgan fingerprint density at radius 1 is 0.955 bits per heavy atom. The molecule has 2 aromatic heterocycles. The van der Waals surface area contributed by atoms with E-state index in [2.05, 4.69) is 22.1 Å². The summed E-state index contributed by atoms with van der Waals surface area (Å²) in [5.74, 6) is 1.58. The summed E-state index contributed by atoms with van der Waals surface area (Å²) in [7, 11) is 0. The molecule has 1 N–H and O–H groups in total. The van der Waals surface area contributed by atoms with Gasteiger partial charge in [-0.25, -0.2) is 4.98 Å². The molecule has 1 radical (unpaired) electrons. The minimum absolute atomic E-state index is 0.776. The van der Waals surface area contributed by atoms with Crippen molar-refractivity contribution in [3.63, 3.8) is 0 Å². The van der Waals surface area contributed by atoms with Gasteiger partial charge in [-0.1, -0.05) is 24.3 Å². The maximum absolute atomic E-state index is 6.02. The molecule has 0 unspecified atom stereocenters. The van der Waals surface area contributed by atoms with E-state index >= 15 is 0 Å². The first-order chi connectivity index (χ1) is 10.9. The Hall–Kier alpha value is -3.07. The van der Waals surface area contributed by atoms with Gasteiger partial charge in [0.15, 0.2) is 0 Å². The third-order valence-corrected chi connectivity index (χ3v) is 3.54. The predicted octanol–water partition coefficient (Wildman–Crippen LogP) is 4.82. The van der Waals surface area contributed by atoms with Crippen LogP contribution < -0.4 is 4.74 Å². The second-order valence-corrected chi connectivity index (χ2v) is 4.94. The Morgan fingerprint density at radius 3 is 2.77 bits per heavy atom. The smallest absolute Gasteiger partial charge is 0.137 e. The van der Waals surface area contributed by atoms with Gasteiger partial charge in [-0.2, -0.15) is 0 Å². The van der Waals surface area contributed by atoms with E-state index in [4.69, 9.17) is 4.74 Å². The molecule has 0 atom stereocenters. The lowest BCUT2D eigenvalue weighted by Gasteiger charge is -2.10. The van der Waals surface area contributed by atoms with E-state index in [-0.39, 0.29) is 0 Å². The summed E-state index contributed by atoms with van der Waals surface area (Å²) in [6.07, 6.45) is 3.74. The number of nitrogens with zero attached hydrogens (tertiary/aromatic N) is 1. The molecule has 3 nitrogen and oxygen atoms in total. The Balaban J connectivity index is 1.82. The largest absolute Gasteiger partial charge is 0.457 e. The number of H-pyrrole nitrogens is 1. The van der Waals surface area contributed by atoms with Crippen LogP contribution in [0.5, 0.6) is 11.5 Å². The van der Waals surface area contributed by atoms with Crippen LogP contribution >= 0.6 is 0 Å². The molecule has 0 saturated heterocycles. The zero-order chi connectivity index (χ0) is 14.8. The third kappa shape index (κ3) is 2.23. The summed E-state index contributed by atoms with van der Waals surface area (Å²) in [6.45, 7) is 0. The van der Waals surface area contributed by atoms with Gasteiger partial charge >= 0.3 is 0 Å². The van der Waals surface area contributed by atoms with Gasteiger partial charge in [0.05, 0.1) is 0 Å². The molecule has 0 fully saturated rings. The lowest BCUT2D eigenvalue weighted by atomic mass is 10.0. The van der Waals surface area contributed by atoms with E-state index in [9.17, 15) is 0 Å². The molecule has 3 heteroatoms. The van der Waals surface area contributed by atoms with Gasteiger partial charge in [-0.3, -0.25) is 0 Å². The quantitative estimate of drug-likeness (QED) is 0.586. The van der Waals surface area contributed by atoms with Crippen LogP contribution in [0.4, 0.5) is 0 Å². The van der Waals surface area contributed by atoms with Crippen molar-refractivity contribution in [1.82, 2.24) is 9.97 Å². The minimum atomic E-state index is 0.776. The number of pyridine rings is 1. The number of hydrogen-bond donors (Lipinski definition) is 1. The van der Waals surface area contributed by atoms with Crippen LogP contribution in [0.15, 0.2) is 73.1 Å². The SMILES string of the molecule is [c]1ccc(-c2c[nH]c3ncccc23)c(Oc2ccccc2)c1. The normalized spacial score (nSPS) is 10.7. The Labute approximate surface area is 128 Å². The number of aromatic amines is 1. The van der Waals surface area contributed by atoms with Crippen molar-refractivity contribution in [2.45, 2.75) is 0 Å². The Bertz CT molecular complexity index is 913. The highest BCUT2D eigenvalue weighted by atomic mass is 16.5. The fraction of sp³-hybridized carbons (Fsp3) is 0. The fourth-order valence-electron chi connectivity index (χ4n) is 2.52. The summed E-state index contributed by atoms with van der Waals surface area (Å²) in [6, 6.07) is 22.6. The standard InChI is InChI=1S/C19H13N2O/c1-2-7-14(8-3-1)22-18-11-5-4-9-15(18)17-13-21-19-16(17)10-6-12-20-19/h1-4,6-13H,(H,20,21). The second kappa shape index (κ2) is 5.37. The van der Waals surface area contributed by atoms with Crippen LogP contribution in [-0.2, 0) is 0 Å². The Kier molecular flexibility index (Phi) is 3.09. The number of fused-ring (bicyclic) bond motifs is 1. The van der Waals surface area contributed by atoms with Gasteiger partial charge in [-0.15, -0.1) is 0 Å². The molecule has 0 bridgehead atoms. The molecule has 0 aliphatic rings. The van der Waals surface area contributed by atoms with Crippen LogP contribution in [0.25, 0.3) is 22.2 Å². The first-order valence-electron chi connectivity index (χ1n) is 7.07. The van der Waals surface area contributed by atoms with Gasteiger partial charge in [-0.05, 0) is 42.5 Å². The van der Waals surface area contributed by atoms with Crippen molar-refractivity contribution < 1.29 is 4.74 Å². The number of nitrogens with one attached hydrogen (secondary N) is 1. The number of para-hydroxylation sites is 1. The van der Waals surface area contributed by atoms with Crippen LogP contribution in [0.2, 0.25) is 0 Å². The summed E-state index contributed by atoms with van der Waals surface area (Å²) in [5, 5.41) is 1.08. The lowest BCUT2D eigenvalue weighted by Crippen LogP contribution is -1.87. The van der Waals surface area contributed by atoms with Crippen LogP contribution in [0.1, 0.15) is 0 Å². The maximum atomic E-state index is 6.02. The maximum Gasteiger partial charge on any atom is 0.137 e. The van der Waals surface area contributed by atoms with Crippen LogP contribution in [0, 0.1) is 6.07 Å². The molecule has 0 amide bonds. The summed E-state index contributed by atoms with van der Waals surface area (Å²) in [5.41, 5.74) is 2.96. The number of aromatic nitrogens is 2. The van der Waals surface area contributed by atoms with E-state index in [0.29, 0.717) is 0 Å². The summed E-state index contributed by atoms with van der Waals surface area (Å²) >= 11 is 0. The van der Waals surface area contributed by atoms with E-state index in [1.165, 1.54) is 0 Å². The summed E-state index contributed by atoms with van der Waals surface area (Å²) in [4.78, 5) is 7.54. The molecule has 4 aromatic rings. The first kappa shape index (κ1) is 12.7. The number of hydrogen-bond acceptors (Lipinski definition) is 2. The lowest BCUT2D eigenvalue weighted by molar-refractivity contribution is 0.484. The molecular weight excluding hydrogens is 272 g/mol. The van der Waals surface area contributed by atoms with Gasteiger partial charge < -0.3 is 9.72 Å². The topological polar surface area (TPSA) is 37.9 Å². The van der Waals surface area contributed by atoms with E-state index in [0.717, 1.165) is 33.7 Å². The van der Waals surface area contributed by atoms with Crippen molar-refractivity contribution in [3.05, 3.63) is 79.1 Å².